The quantitative estimate of drug-likeness (QED) is 0.294. The molecule has 0 aliphatic carbocycles. The van der Waals surface area contributed by atoms with E-state index in [1.165, 1.54) is 6.92 Å². The predicted octanol–water partition coefficient (Wildman–Crippen LogP) is -1.36. The van der Waals surface area contributed by atoms with Gasteiger partial charge in [0.15, 0.2) is 0 Å². The number of amides is 1. The average molecular weight is 216 g/mol. The molecule has 6 heteroatoms. The minimum atomic E-state index is -0.551. The largest absolute Gasteiger partial charge is 0.369 e. The molecule has 0 fully saturated rings. The Hall–Kier alpha value is -0.980. The van der Waals surface area contributed by atoms with Gasteiger partial charge in [-0.05, 0) is 26.3 Å². The van der Waals surface area contributed by atoms with Gasteiger partial charge in [-0.2, -0.15) is 0 Å². The van der Waals surface area contributed by atoms with E-state index in [1.807, 2.05) is 0 Å². The SMILES string of the molecule is CC(=O)C[C@@H](CCCNC(N)N)C(N)=O. The number of carbonyl (C=O) groups is 2. The van der Waals surface area contributed by atoms with Crippen LogP contribution < -0.4 is 22.5 Å². The molecular weight excluding hydrogens is 196 g/mol. The van der Waals surface area contributed by atoms with Crippen LogP contribution >= 0.6 is 0 Å². The lowest BCUT2D eigenvalue weighted by atomic mass is 9.97. The van der Waals surface area contributed by atoms with E-state index in [2.05, 4.69) is 5.32 Å². The zero-order chi connectivity index (χ0) is 11.8. The van der Waals surface area contributed by atoms with Crippen LogP contribution in [0.25, 0.3) is 0 Å². The van der Waals surface area contributed by atoms with Gasteiger partial charge in [0.2, 0.25) is 5.91 Å². The molecule has 15 heavy (non-hydrogen) atoms. The Morgan fingerprint density at radius 1 is 1.33 bits per heavy atom. The molecule has 0 bridgehead atoms. The summed E-state index contributed by atoms with van der Waals surface area (Å²) in [6.45, 7) is 2.06. The Morgan fingerprint density at radius 2 is 1.93 bits per heavy atom. The second kappa shape index (κ2) is 7.33. The van der Waals surface area contributed by atoms with Crippen LogP contribution in [0.4, 0.5) is 0 Å². The summed E-state index contributed by atoms with van der Waals surface area (Å²) >= 11 is 0. The lowest BCUT2D eigenvalue weighted by molar-refractivity contribution is -0.126. The molecule has 6 nitrogen and oxygen atoms in total. The van der Waals surface area contributed by atoms with Gasteiger partial charge in [0.25, 0.3) is 0 Å². The van der Waals surface area contributed by atoms with Crippen molar-refractivity contribution in [2.45, 2.75) is 32.5 Å². The highest BCUT2D eigenvalue weighted by Gasteiger charge is 2.16. The number of hydrogen-bond donors (Lipinski definition) is 4. The summed E-state index contributed by atoms with van der Waals surface area (Å²) in [4.78, 5) is 21.8. The van der Waals surface area contributed by atoms with Crippen LogP contribution in [0.2, 0.25) is 0 Å². The first kappa shape index (κ1) is 14.0. The standard InChI is InChI=1S/C9H20N4O2/c1-6(14)5-7(8(10)15)3-2-4-13-9(11)12/h7,9,13H,2-5,11-12H2,1H3,(H2,10,15)/t7-/m1/s1. The van der Waals surface area contributed by atoms with Gasteiger partial charge in [0.05, 0.1) is 0 Å². The third-order valence-electron chi connectivity index (χ3n) is 2.05. The molecule has 7 N–H and O–H groups in total. The summed E-state index contributed by atoms with van der Waals surface area (Å²) in [5, 5.41) is 2.81. The van der Waals surface area contributed by atoms with E-state index >= 15 is 0 Å². The van der Waals surface area contributed by atoms with Gasteiger partial charge in [-0.25, -0.2) is 0 Å². The van der Waals surface area contributed by atoms with Crippen LogP contribution in [-0.2, 0) is 9.59 Å². The van der Waals surface area contributed by atoms with Crippen LogP contribution in [0.5, 0.6) is 0 Å². The van der Waals surface area contributed by atoms with Crippen molar-refractivity contribution >= 4 is 11.7 Å². The van der Waals surface area contributed by atoms with Crippen molar-refractivity contribution in [3.63, 3.8) is 0 Å². The monoisotopic (exact) mass is 216 g/mol. The zero-order valence-corrected chi connectivity index (χ0v) is 9.03. The molecule has 0 aliphatic rings. The highest BCUT2D eigenvalue weighted by molar-refractivity contribution is 5.84. The fourth-order valence-corrected chi connectivity index (χ4v) is 1.31. The maximum Gasteiger partial charge on any atom is 0.220 e. The van der Waals surface area contributed by atoms with Crippen molar-refractivity contribution in [3.8, 4) is 0 Å². The van der Waals surface area contributed by atoms with Gasteiger partial charge in [0.1, 0.15) is 12.1 Å². The topological polar surface area (TPSA) is 124 Å². The molecule has 0 spiro atoms. The van der Waals surface area contributed by atoms with E-state index in [0.717, 1.165) is 0 Å². The Bertz CT molecular complexity index is 218. The van der Waals surface area contributed by atoms with Crippen LogP contribution in [0.1, 0.15) is 26.2 Å². The number of rotatable bonds is 8. The normalized spacial score (nSPS) is 12.8. The molecular formula is C9H20N4O2. The Labute approximate surface area is 89.6 Å². The van der Waals surface area contributed by atoms with Crippen LogP contribution in [0, 0.1) is 5.92 Å². The molecule has 0 unspecified atom stereocenters. The smallest absolute Gasteiger partial charge is 0.220 e. The van der Waals surface area contributed by atoms with Crippen molar-refractivity contribution in [2.24, 2.45) is 23.1 Å². The number of nitrogens with two attached hydrogens (primary N) is 3. The van der Waals surface area contributed by atoms with E-state index in [9.17, 15) is 9.59 Å². The summed E-state index contributed by atoms with van der Waals surface area (Å²) in [5.41, 5.74) is 15.7. The van der Waals surface area contributed by atoms with Crippen molar-refractivity contribution in [1.29, 1.82) is 0 Å². The van der Waals surface area contributed by atoms with E-state index in [-0.39, 0.29) is 18.1 Å². The van der Waals surface area contributed by atoms with Crippen LogP contribution in [0.3, 0.4) is 0 Å². The maximum absolute atomic E-state index is 11.0. The minimum absolute atomic E-state index is 0.0257. The lowest BCUT2D eigenvalue weighted by Crippen LogP contribution is -2.45. The van der Waals surface area contributed by atoms with Gasteiger partial charge in [-0.1, -0.05) is 0 Å². The van der Waals surface area contributed by atoms with Gasteiger partial charge in [-0.3, -0.25) is 10.1 Å². The third kappa shape index (κ3) is 8.04. The molecule has 0 saturated carbocycles. The number of primary amides is 1. The van der Waals surface area contributed by atoms with Crippen molar-refractivity contribution in [2.75, 3.05) is 6.54 Å². The highest BCUT2D eigenvalue weighted by atomic mass is 16.1. The first-order valence-electron chi connectivity index (χ1n) is 4.96. The Morgan fingerprint density at radius 3 is 2.33 bits per heavy atom. The van der Waals surface area contributed by atoms with Gasteiger partial charge in [-0.15, -0.1) is 0 Å². The summed E-state index contributed by atoms with van der Waals surface area (Å²) in [7, 11) is 0. The first-order chi connectivity index (χ1) is 6.93. The molecule has 1 amide bonds. The molecule has 0 radical (unpaired) electrons. The van der Waals surface area contributed by atoms with Gasteiger partial charge in [0, 0.05) is 12.3 Å². The summed E-state index contributed by atoms with van der Waals surface area (Å²) in [6, 6.07) is 0. The summed E-state index contributed by atoms with van der Waals surface area (Å²) < 4.78 is 0. The van der Waals surface area contributed by atoms with E-state index in [0.29, 0.717) is 19.4 Å². The fraction of sp³-hybridized carbons (Fsp3) is 0.778. The van der Waals surface area contributed by atoms with Gasteiger partial charge < -0.3 is 22.0 Å². The number of Topliss-reactive ketones (excluding diaryl/α,β-unsaturated/α-hetero) is 1. The number of ketones is 1. The third-order valence-corrected chi connectivity index (χ3v) is 2.05. The fourth-order valence-electron chi connectivity index (χ4n) is 1.31. The Balaban J connectivity index is 3.77. The van der Waals surface area contributed by atoms with Gasteiger partial charge >= 0.3 is 0 Å². The van der Waals surface area contributed by atoms with Crippen molar-refractivity contribution in [3.05, 3.63) is 0 Å². The summed E-state index contributed by atoms with van der Waals surface area (Å²) in [6.07, 6.45) is 0.953. The molecule has 1 atom stereocenters. The van der Waals surface area contributed by atoms with Crippen molar-refractivity contribution < 1.29 is 9.59 Å². The average Bonchev–Trinajstić information content (AvgIpc) is 2.08. The molecule has 0 aliphatic heterocycles. The van der Waals surface area contributed by atoms with Crippen LogP contribution in [0.15, 0.2) is 0 Å². The second-order valence-corrected chi connectivity index (χ2v) is 3.63. The zero-order valence-electron chi connectivity index (χ0n) is 9.03. The minimum Gasteiger partial charge on any atom is -0.369 e. The predicted molar refractivity (Wildman–Crippen MR) is 57.4 cm³/mol. The molecule has 88 valence electrons. The number of carbonyl (C=O) groups excluding carboxylic acids is 2. The molecule has 0 aromatic heterocycles. The number of nitrogens with one attached hydrogen (secondary N) is 1. The number of hydrogen-bond acceptors (Lipinski definition) is 5. The second-order valence-electron chi connectivity index (χ2n) is 3.63. The summed E-state index contributed by atoms with van der Waals surface area (Å²) in [5.74, 6) is -0.831. The van der Waals surface area contributed by atoms with E-state index in [4.69, 9.17) is 17.2 Å². The van der Waals surface area contributed by atoms with E-state index in [1.54, 1.807) is 0 Å². The Kier molecular flexibility index (Phi) is 6.85. The van der Waals surface area contributed by atoms with E-state index < -0.39 is 12.2 Å². The maximum atomic E-state index is 11.0. The lowest BCUT2D eigenvalue weighted by Gasteiger charge is -2.12. The van der Waals surface area contributed by atoms with Crippen LogP contribution in [-0.4, -0.2) is 24.5 Å². The molecule has 0 aromatic carbocycles. The molecule has 0 heterocycles. The molecule has 0 rings (SSSR count). The first-order valence-corrected chi connectivity index (χ1v) is 4.96. The highest BCUT2D eigenvalue weighted by Crippen LogP contribution is 2.10. The molecule has 0 aromatic rings. The molecule has 0 saturated heterocycles. The van der Waals surface area contributed by atoms with Crippen molar-refractivity contribution in [1.82, 2.24) is 5.32 Å².